The lowest BCUT2D eigenvalue weighted by atomic mass is 9.77. The number of thioether (sulfide) groups is 1. The first-order chi connectivity index (χ1) is 12.2. The highest BCUT2D eigenvalue weighted by atomic mass is 32.2. The molecule has 0 aromatic heterocycles. The summed E-state index contributed by atoms with van der Waals surface area (Å²) < 4.78 is 24.8. The largest absolute Gasteiger partial charge is 0.288 e. The van der Waals surface area contributed by atoms with Crippen LogP contribution in [0.25, 0.3) is 11.1 Å². The average molecular weight is 361 g/mol. The fourth-order valence-electron chi connectivity index (χ4n) is 3.97. The Hall–Kier alpha value is -1.35. The Kier molecular flexibility index (Phi) is 6.52. The lowest BCUT2D eigenvalue weighted by Crippen LogP contribution is -2.13. The van der Waals surface area contributed by atoms with Gasteiger partial charge in [-0.05, 0) is 66.3 Å². The van der Waals surface area contributed by atoms with E-state index in [1.165, 1.54) is 44.1 Å². The number of alkyl halides is 2. The average Bonchev–Trinajstić information content (AvgIpc) is 2.63. The number of hydrogen-bond donors (Lipinski definition) is 0. The van der Waals surface area contributed by atoms with Gasteiger partial charge in [-0.15, -0.1) is 0 Å². The van der Waals surface area contributed by atoms with Gasteiger partial charge in [0, 0.05) is 4.90 Å². The third-order valence-electron chi connectivity index (χ3n) is 5.34. The van der Waals surface area contributed by atoms with Crippen molar-refractivity contribution in [3.05, 3.63) is 54.1 Å². The van der Waals surface area contributed by atoms with E-state index in [1.54, 1.807) is 12.1 Å². The molecule has 0 atom stereocenters. The Labute approximate surface area is 154 Å². The van der Waals surface area contributed by atoms with Gasteiger partial charge in [-0.1, -0.05) is 67.9 Å². The van der Waals surface area contributed by atoms with Crippen LogP contribution >= 0.6 is 11.8 Å². The van der Waals surface area contributed by atoms with Crippen LogP contribution in [0, 0.1) is 5.92 Å². The second-order valence-electron chi connectivity index (χ2n) is 7.03. The van der Waals surface area contributed by atoms with Crippen LogP contribution in [0.1, 0.15) is 56.9 Å². The first-order valence-corrected chi connectivity index (χ1v) is 10.2. The minimum absolute atomic E-state index is 0.594. The second-order valence-corrected chi connectivity index (χ2v) is 8.09. The summed E-state index contributed by atoms with van der Waals surface area (Å²) in [6.45, 7) is 2.28. The van der Waals surface area contributed by atoms with E-state index in [0.29, 0.717) is 22.6 Å². The van der Waals surface area contributed by atoms with Gasteiger partial charge in [0.05, 0.1) is 0 Å². The van der Waals surface area contributed by atoms with Gasteiger partial charge in [-0.25, -0.2) is 0 Å². The van der Waals surface area contributed by atoms with Gasteiger partial charge in [-0.3, -0.25) is 0 Å². The third kappa shape index (κ3) is 5.07. The Morgan fingerprint density at radius 2 is 1.44 bits per heavy atom. The maximum atomic E-state index is 12.4. The maximum absolute atomic E-state index is 12.4. The van der Waals surface area contributed by atoms with Gasteiger partial charge in [0.15, 0.2) is 0 Å². The molecule has 0 nitrogen and oxygen atoms in total. The van der Waals surface area contributed by atoms with Crippen molar-refractivity contribution >= 4 is 11.8 Å². The van der Waals surface area contributed by atoms with Crippen LogP contribution in [0.2, 0.25) is 0 Å². The molecule has 25 heavy (non-hydrogen) atoms. The third-order valence-corrected chi connectivity index (χ3v) is 6.06. The van der Waals surface area contributed by atoms with Gasteiger partial charge in [0.2, 0.25) is 0 Å². The molecule has 1 aliphatic rings. The van der Waals surface area contributed by atoms with Crippen LogP contribution in [0.3, 0.4) is 0 Å². The molecule has 0 N–H and O–H groups in total. The Morgan fingerprint density at radius 3 is 1.96 bits per heavy atom. The van der Waals surface area contributed by atoms with Crippen molar-refractivity contribution in [2.75, 3.05) is 0 Å². The molecule has 0 radical (unpaired) electrons. The van der Waals surface area contributed by atoms with Gasteiger partial charge in [0.1, 0.15) is 0 Å². The Morgan fingerprint density at radius 1 is 0.880 bits per heavy atom. The van der Waals surface area contributed by atoms with Gasteiger partial charge >= 0.3 is 0 Å². The lowest BCUT2D eigenvalue weighted by Gasteiger charge is -2.28. The summed E-state index contributed by atoms with van der Waals surface area (Å²) in [5.74, 6) is -0.727. The summed E-state index contributed by atoms with van der Waals surface area (Å²) in [7, 11) is 0. The number of hydrogen-bond acceptors (Lipinski definition) is 1. The summed E-state index contributed by atoms with van der Waals surface area (Å²) in [5, 5.41) is 0. The van der Waals surface area contributed by atoms with E-state index in [4.69, 9.17) is 0 Å². The topological polar surface area (TPSA) is 0 Å². The maximum Gasteiger partial charge on any atom is 0.288 e. The molecule has 1 saturated carbocycles. The van der Waals surface area contributed by atoms with Crippen molar-refractivity contribution in [1.82, 2.24) is 0 Å². The summed E-state index contributed by atoms with van der Waals surface area (Å²) in [6, 6.07) is 16.2. The van der Waals surface area contributed by atoms with Crippen LogP contribution in [-0.2, 0) is 0 Å². The van der Waals surface area contributed by atoms with Crippen molar-refractivity contribution in [3.8, 4) is 11.1 Å². The van der Waals surface area contributed by atoms with Crippen LogP contribution in [0.4, 0.5) is 8.78 Å². The smallest absolute Gasteiger partial charge is 0.198 e. The van der Waals surface area contributed by atoms with Crippen LogP contribution in [0.5, 0.6) is 0 Å². The molecule has 0 spiro atoms. The molecule has 134 valence electrons. The van der Waals surface area contributed by atoms with E-state index in [-0.39, 0.29) is 0 Å². The minimum atomic E-state index is -2.36. The van der Waals surface area contributed by atoms with Crippen molar-refractivity contribution in [3.63, 3.8) is 0 Å². The highest BCUT2D eigenvalue weighted by Crippen LogP contribution is 2.38. The molecule has 2 aromatic carbocycles. The molecule has 1 aliphatic carbocycles. The van der Waals surface area contributed by atoms with Crippen molar-refractivity contribution < 1.29 is 8.78 Å². The van der Waals surface area contributed by atoms with Crippen LogP contribution in [-0.4, -0.2) is 5.76 Å². The number of halogens is 2. The molecule has 1 fully saturated rings. The Balaban J connectivity index is 1.62. The summed E-state index contributed by atoms with van der Waals surface area (Å²) in [6.07, 6.45) is 8.03. The number of benzene rings is 2. The quantitative estimate of drug-likeness (QED) is 0.475. The van der Waals surface area contributed by atoms with E-state index < -0.39 is 5.76 Å². The van der Waals surface area contributed by atoms with E-state index in [2.05, 4.69) is 31.2 Å². The zero-order valence-corrected chi connectivity index (χ0v) is 15.6. The van der Waals surface area contributed by atoms with E-state index in [0.717, 1.165) is 17.0 Å². The fraction of sp³-hybridized carbons (Fsp3) is 0.455. The zero-order chi connectivity index (χ0) is 17.6. The molecule has 0 unspecified atom stereocenters. The molecule has 0 bridgehead atoms. The van der Waals surface area contributed by atoms with Crippen molar-refractivity contribution in [2.24, 2.45) is 5.92 Å². The van der Waals surface area contributed by atoms with Crippen LogP contribution in [0.15, 0.2) is 53.4 Å². The van der Waals surface area contributed by atoms with E-state index in [1.807, 2.05) is 12.1 Å². The van der Waals surface area contributed by atoms with E-state index >= 15 is 0 Å². The normalized spacial score (nSPS) is 20.8. The molecular formula is C22H26F2S. The molecule has 0 aliphatic heterocycles. The number of rotatable bonds is 6. The van der Waals surface area contributed by atoms with Gasteiger partial charge in [-0.2, -0.15) is 8.78 Å². The molecule has 0 saturated heterocycles. The van der Waals surface area contributed by atoms with Crippen molar-refractivity contribution in [2.45, 2.75) is 62.0 Å². The standard InChI is InChI=1S/C22H26F2S/c1-2-3-16-4-6-17(7-5-16)18-8-10-19(11-9-18)20-12-14-21(15-13-20)25-22(23)24/h8-17,22H,2-7H2,1H3/t16-,17-. The predicted molar refractivity (Wildman–Crippen MR) is 103 cm³/mol. The highest BCUT2D eigenvalue weighted by Gasteiger charge is 2.21. The zero-order valence-electron chi connectivity index (χ0n) is 14.8. The summed E-state index contributed by atoms with van der Waals surface area (Å²) >= 11 is 0.594. The Bertz CT molecular complexity index is 641. The molecule has 0 heterocycles. The first-order valence-electron chi connectivity index (χ1n) is 9.31. The van der Waals surface area contributed by atoms with E-state index in [9.17, 15) is 8.78 Å². The van der Waals surface area contributed by atoms with Crippen LogP contribution < -0.4 is 0 Å². The minimum Gasteiger partial charge on any atom is -0.198 e. The molecule has 3 rings (SSSR count). The SMILES string of the molecule is CCC[C@H]1CC[C@H](c2ccc(-c3ccc(SC(F)F)cc3)cc2)CC1. The molecular weight excluding hydrogens is 334 g/mol. The molecule has 0 amide bonds. The predicted octanol–water partition coefficient (Wildman–Crippen LogP) is 7.74. The van der Waals surface area contributed by atoms with Crippen molar-refractivity contribution in [1.29, 1.82) is 0 Å². The first kappa shape index (κ1) is 18.4. The molecule has 3 heteroatoms. The monoisotopic (exact) mass is 360 g/mol. The summed E-state index contributed by atoms with van der Waals surface area (Å²) in [4.78, 5) is 0.610. The fourth-order valence-corrected chi connectivity index (χ4v) is 4.47. The lowest BCUT2D eigenvalue weighted by molar-refractivity contribution is 0.252. The second kappa shape index (κ2) is 8.84. The van der Waals surface area contributed by atoms with Gasteiger partial charge < -0.3 is 0 Å². The highest BCUT2D eigenvalue weighted by molar-refractivity contribution is 7.99. The molecule has 2 aromatic rings. The van der Waals surface area contributed by atoms with Gasteiger partial charge in [0.25, 0.3) is 5.76 Å². The summed E-state index contributed by atoms with van der Waals surface area (Å²) in [5.41, 5.74) is 3.68.